The topological polar surface area (TPSA) is 179 Å². The molecule has 0 fully saturated rings. The molecule has 692 valence electrons. The molecule has 0 saturated carbocycles. The molecule has 0 unspecified atom stereocenters. The van der Waals surface area contributed by atoms with Crippen molar-refractivity contribution in [1.82, 2.24) is 54.8 Å². The van der Waals surface area contributed by atoms with Crippen LogP contribution in [0.4, 0.5) is 0 Å². The van der Waals surface area contributed by atoms with Crippen LogP contribution in [0.15, 0.2) is 502 Å². The van der Waals surface area contributed by atoms with Gasteiger partial charge in [0.05, 0.1) is 56.1 Å². The number of nitriles is 1. The third kappa shape index (κ3) is 16.2. The smallest absolute Gasteiger partial charge is 0.164 e. The SMILES string of the molecule is N#Cc1cccc(-c2cc(-c3cccc(-c4c5ccc6ccccc6c5nc5c4ccc4ccccc45)c3)nc(-c3ccccc3)n2)c1.c1ccc(-c2nc(-c3ccc(-c4c5ccc6ccccc6c5nc5c4ccc4ccccc45)cc3)nc(-c3cccc4oc5ccccc5c34)n2)cc1.c1ccc(-c2nc(-c3ccc(-c4c5ccccc5nc5c4ccc4ccccc45)cc3)nc(-c3ccccc3-c3ccccc3)n2)cc1. The molecule has 13 heteroatoms. The standard InChI is InChI=1S/C48H28N4O.C44H28N4.C44H26N4/c1-2-13-32(14-3-1)46-50-47(52-48(51-46)39-18-10-20-41-43(39)36-17-8-9-19-40(36)53-41)33-23-21-31(22-24-33)42-37-27-25-29-11-4-6-15-34(29)44(37)49-45-35-16-7-5-12-30(35)26-28-38(42)45;1-3-13-29(14-4-1)34-18-9-10-20-36(34)44-47-42(32-16-5-2-6-17-32)46-43(48-44)33-25-23-31(24-26-33)40-37-21-11-12-22-39(37)45-41-35-19-8-7-15-30(35)27-28-38(40)41;45-27-28-10-8-15-32(24-28)39-26-40(47-44(46-39)31-13-2-1-3-14-31)33-16-9-17-34(25-33)41-37-22-20-29-11-4-6-18-35(29)42(37)48-43-36-19-7-5-12-30(36)21-23-38(41)43/h1-28H;1-28H;1-26H. The Kier molecular flexibility index (Phi) is 22.0. The first kappa shape index (κ1) is 87.5. The van der Waals surface area contributed by atoms with E-state index in [-0.39, 0.29) is 0 Å². The Morgan fingerprint density at radius 3 is 0.926 bits per heavy atom. The maximum absolute atomic E-state index is 9.59. The number of rotatable bonds is 13. The summed E-state index contributed by atoms with van der Waals surface area (Å²) in [5.74, 6) is 4.36. The van der Waals surface area contributed by atoms with E-state index in [2.05, 4.69) is 340 Å². The molecular formula is C136H82N12O. The Bertz CT molecular complexity index is 10300. The Hall–Kier alpha value is -20.5. The third-order valence-electron chi connectivity index (χ3n) is 28.3. The number of furan rings is 1. The predicted molar refractivity (Wildman–Crippen MR) is 610 cm³/mol. The molecule has 0 radical (unpaired) electrons. The second kappa shape index (κ2) is 37.4. The molecule has 22 aromatic carbocycles. The van der Waals surface area contributed by atoms with Crippen LogP contribution in [0.5, 0.6) is 0 Å². The number of para-hydroxylation sites is 2. The van der Waals surface area contributed by atoms with E-state index in [4.69, 9.17) is 59.2 Å². The molecule has 0 aliphatic carbocycles. The van der Waals surface area contributed by atoms with Crippen molar-refractivity contribution in [2.45, 2.75) is 0 Å². The molecule has 13 nitrogen and oxygen atoms in total. The van der Waals surface area contributed by atoms with Crippen molar-refractivity contribution in [3.05, 3.63) is 503 Å². The Morgan fingerprint density at radius 1 is 0.168 bits per heavy atom. The van der Waals surface area contributed by atoms with E-state index in [0.717, 1.165) is 215 Å². The largest absolute Gasteiger partial charge is 0.456 e. The summed E-state index contributed by atoms with van der Waals surface area (Å²) in [7, 11) is 0. The summed E-state index contributed by atoms with van der Waals surface area (Å²) in [5.41, 5.74) is 27.1. The van der Waals surface area contributed by atoms with Crippen LogP contribution in [0.2, 0.25) is 0 Å². The van der Waals surface area contributed by atoms with E-state index in [9.17, 15) is 5.26 Å². The minimum absolute atomic E-state index is 0.590. The molecule has 0 aliphatic rings. The van der Waals surface area contributed by atoms with Gasteiger partial charge in [-0.3, -0.25) is 0 Å². The van der Waals surface area contributed by atoms with Crippen molar-refractivity contribution < 1.29 is 4.42 Å². The summed E-state index contributed by atoms with van der Waals surface area (Å²) in [6.07, 6.45) is 0. The lowest BCUT2D eigenvalue weighted by atomic mass is 9.91. The van der Waals surface area contributed by atoms with Gasteiger partial charge >= 0.3 is 0 Å². The number of aromatic nitrogens is 11. The van der Waals surface area contributed by atoms with Crippen LogP contribution in [0.3, 0.4) is 0 Å². The highest BCUT2D eigenvalue weighted by Gasteiger charge is 2.26. The Morgan fingerprint density at radius 2 is 0.470 bits per heavy atom. The van der Waals surface area contributed by atoms with Gasteiger partial charge in [-0.1, -0.05) is 455 Å². The number of fused-ring (bicyclic) bond motifs is 19. The zero-order chi connectivity index (χ0) is 98.8. The highest BCUT2D eigenvalue weighted by Crippen LogP contribution is 2.47. The second-order valence-electron chi connectivity index (χ2n) is 37.2. The van der Waals surface area contributed by atoms with Crippen molar-refractivity contribution in [3.8, 4) is 153 Å². The van der Waals surface area contributed by atoms with Gasteiger partial charge in [-0.15, -0.1) is 0 Å². The van der Waals surface area contributed by atoms with Crippen LogP contribution in [0.25, 0.3) is 288 Å². The molecule has 0 saturated heterocycles. The molecule has 0 aliphatic heterocycles. The molecule has 149 heavy (non-hydrogen) atoms. The summed E-state index contributed by atoms with van der Waals surface area (Å²) >= 11 is 0. The monoisotopic (exact) mass is 1900 g/mol. The van der Waals surface area contributed by atoms with Gasteiger partial charge in [0.1, 0.15) is 11.2 Å². The first-order valence-corrected chi connectivity index (χ1v) is 49.7. The zero-order valence-electron chi connectivity index (χ0n) is 80.1. The number of pyridine rings is 3. The van der Waals surface area contributed by atoms with Crippen LogP contribution >= 0.6 is 0 Å². The summed E-state index contributed by atoms with van der Waals surface area (Å²) in [5, 5.41) is 29.9. The molecule has 0 amide bonds. The van der Waals surface area contributed by atoms with Crippen LogP contribution in [-0.2, 0) is 0 Å². The average Bonchev–Trinajstić information content (AvgIpc) is 1.34. The molecule has 29 aromatic rings. The van der Waals surface area contributed by atoms with E-state index in [1.807, 2.05) is 164 Å². The van der Waals surface area contributed by atoms with Crippen molar-refractivity contribution in [3.63, 3.8) is 0 Å². The maximum atomic E-state index is 9.59. The van der Waals surface area contributed by atoms with Gasteiger partial charge in [0.15, 0.2) is 40.8 Å². The van der Waals surface area contributed by atoms with Crippen molar-refractivity contribution in [2.75, 3.05) is 0 Å². The Balaban J connectivity index is 0.000000110. The number of hydrogen-bond acceptors (Lipinski definition) is 13. The van der Waals surface area contributed by atoms with E-state index in [1.165, 1.54) is 32.5 Å². The first-order chi connectivity index (χ1) is 73.8. The number of nitrogens with zero attached hydrogens (tertiary/aromatic N) is 12. The number of hydrogen-bond donors (Lipinski definition) is 0. The lowest BCUT2D eigenvalue weighted by Gasteiger charge is -2.16. The van der Waals surface area contributed by atoms with Gasteiger partial charge in [-0.25, -0.2) is 54.8 Å². The van der Waals surface area contributed by atoms with E-state index in [0.29, 0.717) is 46.3 Å². The Labute approximate surface area is 855 Å². The first-order valence-electron chi connectivity index (χ1n) is 49.7. The van der Waals surface area contributed by atoms with E-state index < -0.39 is 0 Å². The fraction of sp³-hybridized carbons (Fsp3) is 0. The predicted octanol–water partition coefficient (Wildman–Crippen LogP) is 34.5. The van der Waals surface area contributed by atoms with Crippen LogP contribution < -0.4 is 0 Å². The molecule has 0 atom stereocenters. The van der Waals surface area contributed by atoms with Gasteiger partial charge in [0.25, 0.3) is 0 Å². The normalized spacial score (nSPS) is 11.5. The van der Waals surface area contributed by atoms with Crippen molar-refractivity contribution in [1.29, 1.82) is 5.26 Å². The molecule has 0 spiro atoms. The van der Waals surface area contributed by atoms with Gasteiger partial charge in [-0.2, -0.15) is 5.26 Å². The third-order valence-corrected chi connectivity index (χ3v) is 28.3. The zero-order valence-corrected chi connectivity index (χ0v) is 80.1. The molecular weight excluding hydrogens is 1820 g/mol. The molecule has 0 N–H and O–H groups in total. The molecule has 7 heterocycles. The minimum Gasteiger partial charge on any atom is -0.456 e. The fourth-order valence-corrected chi connectivity index (χ4v) is 21.2. The van der Waals surface area contributed by atoms with Gasteiger partial charge in [0, 0.05) is 137 Å². The lowest BCUT2D eigenvalue weighted by molar-refractivity contribution is 0.669. The molecule has 7 aromatic heterocycles. The van der Waals surface area contributed by atoms with Crippen LogP contribution in [0, 0.1) is 11.3 Å². The lowest BCUT2D eigenvalue weighted by Crippen LogP contribution is -2.01. The van der Waals surface area contributed by atoms with Gasteiger partial charge in [-0.05, 0) is 97.2 Å². The molecule has 0 bridgehead atoms. The van der Waals surface area contributed by atoms with E-state index in [1.54, 1.807) is 0 Å². The maximum Gasteiger partial charge on any atom is 0.164 e. The minimum atomic E-state index is 0.590. The highest BCUT2D eigenvalue weighted by molar-refractivity contribution is 6.24. The van der Waals surface area contributed by atoms with Crippen molar-refractivity contribution in [2.24, 2.45) is 0 Å². The summed E-state index contributed by atoms with van der Waals surface area (Å²) < 4.78 is 6.23. The van der Waals surface area contributed by atoms with Gasteiger partial charge in [0.2, 0.25) is 0 Å². The summed E-state index contributed by atoms with van der Waals surface area (Å²) in [6, 6.07) is 174. The molecule has 29 rings (SSSR count). The summed E-state index contributed by atoms with van der Waals surface area (Å²) in [4.78, 5) is 56.3. The summed E-state index contributed by atoms with van der Waals surface area (Å²) in [6.45, 7) is 0. The van der Waals surface area contributed by atoms with Crippen LogP contribution in [0.1, 0.15) is 5.56 Å². The second-order valence-corrected chi connectivity index (χ2v) is 37.2. The quantitative estimate of drug-likeness (QED) is 0.0787. The van der Waals surface area contributed by atoms with Crippen molar-refractivity contribution >= 4 is 141 Å². The average molecular weight is 1900 g/mol. The fourth-order valence-electron chi connectivity index (χ4n) is 21.2. The van der Waals surface area contributed by atoms with Gasteiger partial charge < -0.3 is 4.42 Å². The highest BCUT2D eigenvalue weighted by atomic mass is 16.3. The van der Waals surface area contributed by atoms with Crippen LogP contribution in [-0.4, -0.2) is 54.8 Å². The van der Waals surface area contributed by atoms with E-state index >= 15 is 0 Å². The number of benzene rings is 22.